The smallest absolute Gasteiger partial charge is 0.433 e. The topological polar surface area (TPSA) is 51.1 Å². The minimum atomic E-state index is -0.820. The molecular formula is C15H21FN2O3. The van der Waals surface area contributed by atoms with Crippen LogP contribution in [0.15, 0.2) is 23.2 Å². The van der Waals surface area contributed by atoms with Crippen LogP contribution >= 0.6 is 0 Å². The highest BCUT2D eigenvalue weighted by Gasteiger charge is 2.15. The van der Waals surface area contributed by atoms with E-state index in [9.17, 15) is 9.18 Å². The summed E-state index contributed by atoms with van der Waals surface area (Å²) in [6, 6.07) is 3.88. The van der Waals surface area contributed by atoms with Gasteiger partial charge in [-0.1, -0.05) is 20.8 Å². The molecule has 116 valence electrons. The number of hydrogen-bond donors (Lipinski definition) is 0. The lowest BCUT2D eigenvalue weighted by molar-refractivity contribution is 0.0685. The Balaban J connectivity index is 2.72. The summed E-state index contributed by atoms with van der Waals surface area (Å²) in [5.74, 6) is -0.315. The zero-order valence-corrected chi connectivity index (χ0v) is 13.0. The molecule has 0 aliphatic rings. The van der Waals surface area contributed by atoms with E-state index in [0.717, 1.165) is 0 Å². The standard InChI is InChI=1S/C15H21FN2O3/c1-15(2,3)9-20-14(19)21-11-6-7-12(16)13(8-11)17-10-18(4)5/h6-8,10H,9H2,1-5H3. The predicted octanol–water partition coefficient (Wildman–Crippen LogP) is 3.61. The highest BCUT2D eigenvalue weighted by Crippen LogP contribution is 2.24. The monoisotopic (exact) mass is 296 g/mol. The van der Waals surface area contributed by atoms with Crippen molar-refractivity contribution in [3.63, 3.8) is 0 Å². The summed E-state index contributed by atoms with van der Waals surface area (Å²) < 4.78 is 23.5. The van der Waals surface area contributed by atoms with E-state index in [1.165, 1.54) is 24.5 Å². The van der Waals surface area contributed by atoms with Gasteiger partial charge in [0.1, 0.15) is 17.3 Å². The number of ether oxygens (including phenoxy) is 2. The first-order valence-electron chi connectivity index (χ1n) is 6.52. The fraction of sp³-hybridized carbons (Fsp3) is 0.467. The van der Waals surface area contributed by atoms with Crippen LogP contribution in [0.5, 0.6) is 5.75 Å². The highest BCUT2D eigenvalue weighted by molar-refractivity contribution is 5.66. The zero-order chi connectivity index (χ0) is 16.0. The van der Waals surface area contributed by atoms with Crippen LogP contribution in [-0.4, -0.2) is 38.1 Å². The van der Waals surface area contributed by atoms with Gasteiger partial charge < -0.3 is 14.4 Å². The van der Waals surface area contributed by atoms with E-state index < -0.39 is 12.0 Å². The SMILES string of the molecule is CN(C)C=Nc1cc(OC(=O)OCC(C)(C)C)ccc1F. The maximum absolute atomic E-state index is 13.6. The zero-order valence-electron chi connectivity index (χ0n) is 13.0. The van der Waals surface area contributed by atoms with Gasteiger partial charge in [-0.2, -0.15) is 0 Å². The van der Waals surface area contributed by atoms with Crippen LogP contribution in [0.2, 0.25) is 0 Å². The van der Waals surface area contributed by atoms with Crippen LogP contribution < -0.4 is 4.74 Å². The molecule has 6 heteroatoms. The number of rotatable bonds is 4. The predicted molar refractivity (Wildman–Crippen MR) is 79.7 cm³/mol. The van der Waals surface area contributed by atoms with Crippen molar-refractivity contribution >= 4 is 18.2 Å². The van der Waals surface area contributed by atoms with E-state index >= 15 is 0 Å². The van der Waals surface area contributed by atoms with Crippen molar-refractivity contribution in [1.29, 1.82) is 0 Å². The summed E-state index contributed by atoms with van der Waals surface area (Å²) >= 11 is 0. The molecule has 0 N–H and O–H groups in total. The molecule has 5 nitrogen and oxygen atoms in total. The highest BCUT2D eigenvalue weighted by atomic mass is 19.1. The molecule has 0 fully saturated rings. The number of nitrogens with zero attached hydrogens (tertiary/aromatic N) is 2. The third-order valence-corrected chi connectivity index (χ3v) is 2.17. The Morgan fingerprint density at radius 1 is 1.38 bits per heavy atom. The summed E-state index contributed by atoms with van der Waals surface area (Å²) in [5.41, 5.74) is -0.0620. The first kappa shape index (κ1) is 16.9. The Morgan fingerprint density at radius 3 is 2.62 bits per heavy atom. The summed E-state index contributed by atoms with van der Waals surface area (Å²) in [7, 11) is 3.54. The van der Waals surface area contributed by atoms with Gasteiger partial charge in [-0.05, 0) is 17.5 Å². The third kappa shape index (κ3) is 6.74. The Morgan fingerprint density at radius 2 is 2.05 bits per heavy atom. The van der Waals surface area contributed by atoms with Gasteiger partial charge in [0.2, 0.25) is 0 Å². The van der Waals surface area contributed by atoms with Crippen molar-refractivity contribution in [2.24, 2.45) is 10.4 Å². The second-order valence-corrected chi connectivity index (χ2v) is 6.02. The summed E-state index contributed by atoms with van der Waals surface area (Å²) in [4.78, 5) is 17.2. The normalized spacial score (nSPS) is 11.5. The number of hydrogen-bond acceptors (Lipinski definition) is 4. The van der Waals surface area contributed by atoms with Crippen molar-refractivity contribution < 1.29 is 18.7 Å². The van der Waals surface area contributed by atoms with Gasteiger partial charge in [0.05, 0.1) is 12.9 Å². The molecule has 0 amide bonds. The van der Waals surface area contributed by atoms with Crippen molar-refractivity contribution in [2.45, 2.75) is 20.8 Å². The number of carbonyl (C=O) groups is 1. The third-order valence-electron chi connectivity index (χ3n) is 2.17. The van der Waals surface area contributed by atoms with Crippen molar-refractivity contribution in [1.82, 2.24) is 4.90 Å². The molecule has 0 atom stereocenters. The molecule has 0 radical (unpaired) electrons. The molecule has 1 aromatic carbocycles. The van der Waals surface area contributed by atoms with Crippen LogP contribution in [-0.2, 0) is 4.74 Å². The van der Waals surface area contributed by atoms with E-state index in [1.54, 1.807) is 19.0 Å². The number of halogens is 1. The van der Waals surface area contributed by atoms with Crippen molar-refractivity contribution in [3.05, 3.63) is 24.0 Å². The first-order valence-corrected chi connectivity index (χ1v) is 6.52. The second kappa shape index (κ2) is 7.06. The number of carbonyl (C=O) groups excluding carboxylic acids is 1. The molecule has 0 spiro atoms. The van der Waals surface area contributed by atoms with E-state index in [0.29, 0.717) is 0 Å². The Bertz CT molecular complexity index is 522. The molecule has 0 saturated heterocycles. The van der Waals surface area contributed by atoms with Gasteiger partial charge in [-0.15, -0.1) is 0 Å². The van der Waals surface area contributed by atoms with Gasteiger partial charge in [-0.25, -0.2) is 14.2 Å². The maximum Gasteiger partial charge on any atom is 0.513 e. The van der Waals surface area contributed by atoms with E-state index in [-0.39, 0.29) is 23.5 Å². The van der Waals surface area contributed by atoms with Crippen LogP contribution in [0.1, 0.15) is 20.8 Å². The van der Waals surface area contributed by atoms with Gasteiger partial charge in [0.25, 0.3) is 0 Å². The van der Waals surface area contributed by atoms with Gasteiger partial charge in [0, 0.05) is 20.2 Å². The summed E-state index contributed by atoms with van der Waals surface area (Å²) in [6.07, 6.45) is 0.638. The molecular weight excluding hydrogens is 275 g/mol. The lowest BCUT2D eigenvalue weighted by atomic mass is 9.99. The second-order valence-electron chi connectivity index (χ2n) is 6.02. The van der Waals surface area contributed by atoms with E-state index in [1.807, 2.05) is 20.8 Å². The van der Waals surface area contributed by atoms with Crippen LogP contribution in [0.3, 0.4) is 0 Å². The molecule has 0 aliphatic heterocycles. The lowest BCUT2D eigenvalue weighted by Crippen LogP contribution is -2.20. The minimum Gasteiger partial charge on any atom is -0.433 e. The van der Waals surface area contributed by atoms with Crippen LogP contribution in [0, 0.1) is 11.2 Å². The molecule has 0 unspecified atom stereocenters. The number of aliphatic imine (C=N–C) groups is 1. The maximum atomic E-state index is 13.6. The van der Waals surface area contributed by atoms with Crippen molar-refractivity contribution in [2.75, 3.05) is 20.7 Å². The molecule has 0 bridgehead atoms. The first-order chi connectivity index (χ1) is 9.67. The summed E-state index contributed by atoms with van der Waals surface area (Å²) in [5, 5.41) is 0. The average Bonchev–Trinajstić information content (AvgIpc) is 2.36. The van der Waals surface area contributed by atoms with Crippen LogP contribution in [0.25, 0.3) is 0 Å². The average molecular weight is 296 g/mol. The quantitative estimate of drug-likeness (QED) is 0.368. The van der Waals surface area contributed by atoms with Gasteiger partial charge >= 0.3 is 6.16 Å². The molecule has 0 heterocycles. The van der Waals surface area contributed by atoms with Crippen LogP contribution in [0.4, 0.5) is 14.9 Å². The molecule has 0 aromatic heterocycles. The lowest BCUT2D eigenvalue weighted by Gasteiger charge is -2.17. The van der Waals surface area contributed by atoms with E-state index in [4.69, 9.17) is 9.47 Å². The molecule has 0 aliphatic carbocycles. The number of benzene rings is 1. The Kier molecular flexibility index (Phi) is 5.69. The molecule has 0 saturated carbocycles. The summed E-state index contributed by atoms with van der Waals surface area (Å²) in [6.45, 7) is 6.05. The fourth-order valence-corrected chi connectivity index (χ4v) is 1.23. The molecule has 1 rings (SSSR count). The minimum absolute atomic E-state index is 0.0878. The van der Waals surface area contributed by atoms with Gasteiger partial charge in [-0.3, -0.25) is 0 Å². The Labute approximate surface area is 124 Å². The van der Waals surface area contributed by atoms with E-state index in [2.05, 4.69) is 4.99 Å². The largest absolute Gasteiger partial charge is 0.513 e. The van der Waals surface area contributed by atoms with Crippen molar-refractivity contribution in [3.8, 4) is 5.75 Å². The Hall–Kier alpha value is -2.11. The molecule has 1 aromatic rings. The fourth-order valence-electron chi connectivity index (χ4n) is 1.23. The van der Waals surface area contributed by atoms with Gasteiger partial charge in [0.15, 0.2) is 0 Å². The molecule has 21 heavy (non-hydrogen) atoms.